The van der Waals surface area contributed by atoms with Crippen LogP contribution in [-0.4, -0.2) is 38.2 Å². The van der Waals surface area contributed by atoms with Crippen LogP contribution >= 0.6 is 11.7 Å². The Labute approximate surface area is 135 Å². The molecule has 0 atom stereocenters. The van der Waals surface area contributed by atoms with E-state index in [1.165, 1.54) is 0 Å². The summed E-state index contributed by atoms with van der Waals surface area (Å²) in [4.78, 5) is 12.0. The van der Waals surface area contributed by atoms with Gasteiger partial charge in [0.2, 0.25) is 0 Å². The molecular formula is C13H14N6O3S. The van der Waals surface area contributed by atoms with Crippen LogP contribution in [0.15, 0.2) is 16.8 Å². The number of hydrogen-bond donors (Lipinski definition) is 2. The zero-order chi connectivity index (χ0) is 16.2. The number of aromatic nitrogens is 4. The molecule has 3 aromatic rings. The van der Waals surface area contributed by atoms with Gasteiger partial charge in [0.15, 0.2) is 0 Å². The molecular weight excluding hydrogens is 320 g/mol. The number of rotatable bonds is 5. The number of hydrogen-bond acceptors (Lipinski definition) is 8. The first-order valence-corrected chi connectivity index (χ1v) is 7.57. The Bertz CT molecular complexity index is 830. The van der Waals surface area contributed by atoms with Crippen molar-refractivity contribution in [3.8, 4) is 5.88 Å². The molecule has 0 saturated heterocycles. The Kier molecular flexibility index (Phi) is 4.33. The lowest BCUT2D eigenvalue weighted by molar-refractivity contribution is 0.240. The van der Waals surface area contributed by atoms with Gasteiger partial charge in [0.05, 0.1) is 24.0 Å². The van der Waals surface area contributed by atoms with Crippen molar-refractivity contribution in [1.29, 1.82) is 0 Å². The molecule has 2 aromatic heterocycles. The molecule has 10 heteroatoms. The molecule has 23 heavy (non-hydrogen) atoms. The summed E-state index contributed by atoms with van der Waals surface area (Å²) in [6.07, 6.45) is 0. The molecule has 0 aliphatic rings. The van der Waals surface area contributed by atoms with Crippen LogP contribution in [0.3, 0.4) is 0 Å². The molecule has 1 aromatic carbocycles. The van der Waals surface area contributed by atoms with Crippen LogP contribution in [0.4, 0.5) is 10.5 Å². The first kappa shape index (κ1) is 15.2. The van der Waals surface area contributed by atoms with Crippen LogP contribution in [-0.2, 0) is 0 Å². The Morgan fingerprint density at radius 1 is 1.30 bits per heavy atom. The zero-order valence-electron chi connectivity index (χ0n) is 12.5. The third-order valence-electron chi connectivity index (χ3n) is 3.11. The summed E-state index contributed by atoms with van der Waals surface area (Å²) in [5.74, 6) is 0.321. The van der Waals surface area contributed by atoms with Gasteiger partial charge in [-0.05, 0) is 30.6 Å². The quantitative estimate of drug-likeness (QED) is 0.685. The number of benzene rings is 1. The molecule has 3 rings (SSSR count). The van der Waals surface area contributed by atoms with Crippen molar-refractivity contribution < 1.29 is 14.2 Å². The maximum Gasteiger partial charge on any atom is 0.319 e. The van der Waals surface area contributed by atoms with Crippen LogP contribution in [0.1, 0.15) is 11.3 Å². The van der Waals surface area contributed by atoms with Crippen molar-refractivity contribution in [2.75, 3.05) is 18.5 Å². The van der Waals surface area contributed by atoms with E-state index >= 15 is 0 Å². The monoisotopic (exact) mass is 334 g/mol. The van der Waals surface area contributed by atoms with Gasteiger partial charge in [-0.25, -0.2) is 9.42 Å². The number of amides is 2. The summed E-state index contributed by atoms with van der Waals surface area (Å²) in [5, 5.41) is 12.7. The summed E-state index contributed by atoms with van der Waals surface area (Å²) in [6.45, 7) is 4.18. The number of fused-ring (bicyclic) bond motifs is 1. The van der Waals surface area contributed by atoms with Crippen molar-refractivity contribution in [3.63, 3.8) is 0 Å². The topological polar surface area (TPSA) is 115 Å². The molecule has 0 bridgehead atoms. The van der Waals surface area contributed by atoms with Gasteiger partial charge in [0, 0.05) is 0 Å². The average molecular weight is 334 g/mol. The summed E-state index contributed by atoms with van der Waals surface area (Å²) >= 11 is 1.11. The predicted octanol–water partition coefficient (Wildman–Crippen LogP) is 1.89. The Morgan fingerprint density at radius 2 is 2.17 bits per heavy atom. The van der Waals surface area contributed by atoms with E-state index in [1.54, 1.807) is 6.92 Å². The number of ether oxygens (including phenoxy) is 1. The molecule has 9 nitrogen and oxygen atoms in total. The molecule has 0 radical (unpaired) electrons. The van der Waals surface area contributed by atoms with E-state index in [-0.39, 0.29) is 12.6 Å². The second kappa shape index (κ2) is 6.57. The minimum atomic E-state index is -0.341. The molecule has 0 spiro atoms. The lowest BCUT2D eigenvalue weighted by Gasteiger charge is -2.10. The first-order chi connectivity index (χ1) is 11.1. The third kappa shape index (κ3) is 3.37. The molecule has 120 valence electrons. The molecule has 2 amide bonds. The van der Waals surface area contributed by atoms with E-state index in [9.17, 15) is 4.79 Å². The maximum atomic E-state index is 12.0. The number of nitrogens with zero attached hydrogens (tertiary/aromatic N) is 4. The summed E-state index contributed by atoms with van der Waals surface area (Å²) in [6, 6.07) is 3.43. The van der Waals surface area contributed by atoms with Crippen molar-refractivity contribution in [2.45, 2.75) is 13.8 Å². The average Bonchev–Trinajstić information content (AvgIpc) is 3.16. The Balaban J connectivity index is 1.54. The van der Waals surface area contributed by atoms with E-state index in [4.69, 9.17) is 4.74 Å². The number of anilines is 1. The highest BCUT2D eigenvalue weighted by molar-refractivity contribution is 7.00. The van der Waals surface area contributed by atoms with E-state index < -0.39 is 0 Å². The normalized spacial score (nSPS) is 10.7. The van der Waals surface area contributed by atoms with Gasteiger partial charge < -0.3 is 15.4 Å². The summed E-state index contributed by atoms with van der Waals surface area (Å²) in [5.41, 5.74) is 3.58. The largest absolute Gasteiger partial charge is 0.472 e. The third-order valence-corrected chi connectivity index (χ3v) is 3.65. The van der Waals surface area contributed by atoms with Gasteiger partial charge in [-0.15, -0.1) is 0 Å². The van der Waals surface area contributed by atoms with Gasteiger partial charge in [0.1, 0.15) is 23.3 Å². The van der Waals surface area contributed by atoms with Crippen LogP contribution in [0.2, 0.25) is 0 Å². The molecule has 0 unspecified atom stereocenters. The van der Waals surface area contributed by atoms with Crippen molar-refractivity contribution in [1.82, 2.24) is 24.4 Å². The van der Waals surface area contributed by atoms with E-state index in [0.717, 1.165) is 22.8 Å². The van der Waals surface area contributed by atoms with Gasteiger partial charge >= 0.3 is 6.03 Å². The number of aryl methyl sites for hydroxylation is 2. The van der Waals surface area contributed by atoms with Gasteiger partial charge in [-0.2, -0.15) is 8.75 Å². The smallest absolute Gasteiger partial charge is 0.319 e. The lowest BCUT2D eigenvalue weighted by atomic mass is 10.1. The van der Waals surface area contributed by atoms with Crippen LogP contribution in [0.5, 0.6) is 5.88 Å². The first-order valence-electron chi connectivity index (χ1n) is 6.84. The fourth-order valence-electron chi connectivity index (χ4n) is 1.93. The number of nitrogens with one attached hydrogen (secondary N) is 2. The summed E-state index contributed by atoms with van der Waals surface area (Å²) in [7, 11) is 0. The standard InChI is InChI=1S/C13H14N6O3S/c1-7-3-4-9-11(19-23-18-9)10(7)15-13(20)14-5-6-21-12-8(2)16-22-17-12/h3-4H,5-6H2,1-2H3,(H2,14,15,20). The fourth-order valence-corrected chi connectivity index (χ4v) is 2.48. The number of carbonyl (C=O) groups excluding carboxylic acids is 1. The minimum Gasteiger partial charge on any atom is -0.472 e. The zero-order valence-corrected chi connectivity index (χ0v) is 13.3. The summed E-state index contributed by atoms with van der Waals surface area (Å²) < 4.78 is 18.2. The Morgan fingerprint density at radius 3 is 2.96 bits per heavy atom. The maximum absolute atomic E-state index is 12.0. The second-order valence-corrected chi connectivity index (χ2v) is 5.30. The SMILES string of the molecule is Cc1ccc2nsnc2c1NC(=O)NCCOc1nonc1C. The van der Waals surface area contributed by atoms with Gasteiger partial charge in [-0.3, -0.25) is 0 Å². The van der Waals surface area contributed by atoms with Crippen molar-refractivity contribution >= 4 is 34.5 Å². The Hall–Kier alpha value is -2.75. The molecule has 0 saturated carbocycles. The molecule has 2 N–H and O–H groups in total. The number of carbonyl (C=O) groups is 1. The van der Waals surface area contributed by atoms with Crippen LogP contribution in [0, 0.1) is 13.8 Å². The van der Waals surface area contributed by atoms with Crippen molar-refractivity contribution in [3.05, 3.63) is 23.4 Å². The van der Waals surface area contributed by atoms with Gasteiger partial charge in [0.25, 0.3) is 5.88 Å². The highest BCUT2D eigenvalue weighted by Gasteiger charge is 2.11. The predicted molar refractivity (Wildman–Crippen MR) is 83.7 cm³/mol. The molecule has 0 fully saturated rings. The van der Waals surface area contributed by atoms with E-state index in [0.29, 0.717) is 29.3 Å². The van der Waals surface area contributed by atoms with E-state index in [1.807, 2.05) is 19.1 Å². The molecule has 0 aliphatic carbocycles. The lowest BCUT2D eigenvalue weighted by Crippen LogP contribution is -2.32. The van der Waals surface area contributed by atoms with Crippen LogP contribution < -0.4 is 15.4 Å². The van der Waals surface area contributed by atoms with Crippen molar-refractivity contribution in [2.24, 2.45) is 0 Å². The van der Waals surface area contributed by atoms with Crippen LogP contribution in [0.25, 0.3) is 11.0 Å². The van der Waals surface area contributed by atoms with Gasteiger partial charge in [-0.1, -0.05) is 11.2 Å². The molecule has 2 heterocycles. The minimum absolute atomic E-state index is 0.254. The highest BCUT2D eigenvalue weighted by Crippen LogP contribution is 2.25. The fraction of sp³-hybridized carbons (Fsp3) is 0.308. The van der Waals surface area contributed by atoms with E-state index in [2.05, 4.69) is 34.3 Å². The highest BCUT2D eigenvalue weighted by atomic mass is 32.1. The number of urea groups is 1. The molecule has 0 aliphatic heterocycles. The second-order valence-electron chi connectivity index (χ2n) is 4.77.